The fourth-order valence-electron chi connectivity index (χ4n) is 2.35. The van der Waals surface area contributed by atoms with Crippen molar-refractivity contribution in [2.24, 2.45) is 0 Å². The van der Waals surface area contributed by atoms with E-state index >= 15 is 0 Å². The SMILES string of the molecule is CCOC(=O)Cc1nc(-c2ccc(C(F)(F)F)cc2)oc1-c1cccs1. The van der Waals surface area contributed by atoms with Crippen LogP contribution in [0.15, 0.2) is 46.2 Å². The summed E-state index contributed by atoms with van der Waals surface area (Å²) in [6, 6.07) is 8.16. The van der Waals surface area contributed by atoms with E-state index in [1.165, 1.54) is 23.5 Å². The molecule has 8 heteroatoms. The van der Waals surface area contributed by atoms with Crippen LogP contribution in [-0.2, 0) is 22.1 Å². The summed E-state index contributed by atoms with van der Waals surface area (Å²) in [6.07, 6.45) is -4.49. The minimum atomic E-state index is -4.41. The van der Waals surface area contributed by atoms with Gasteiger partial charge in [0.25, 0.3) is 0 Å². The Morgan fingerprint density at radius 3 is 2.54 bits per heavy atom. The Labute approximate surface area is 151 Å². The number of nitrogens with zero attached hydrogens (tertiary/aromatic N) is 1. The Balaban J connectivity index is 1.96. The fourth-order valence-corrected chi connectivity index (χ4v) is 3.07. The van der Waals surface area contributed by atoms with Crippen LogP contribution in [0.2, 0.25) is 0 Å². The van der Waals surface area contributed by atoms with Gasteiger partial charge < -0.3 is 9.15 Å². The average Bonchev–Trinajstić information content (AvgIpc) is 3.24. The number of alkyl halides is 3. The normalized spacial score (nSPS) is 11.5. The Hall–Kier alpha value is -2.61. The van der Waals surface area contributed by atoms with Crippen LogP contribution in [0.3, 0.4) is 0 Å². The number of aromatic nitrogens is 1. The van der Waals surface area contributed by atoms with E-state index in [2.05, 4.69) is 4.98 Å². The number of ether oxygens (including phenoxy) is 1. The standard InChI is InChI=1S/C18H14F3NO3S/c1-2-24-15(23)10-13-16(14-4-3-9-26-14)25-17(22-13)11-5-7-12(8-6-11)18(19,20)21/h3-9H,2,10H2,1H3. The molecule has 0 saturated heterocycles. The quantitative estimate of drug-likeness (QED) is 0.571. The Morgan fingerprint density at radius 2 is 1.96 bits per heavy atom. The molecule has 3 aromatic rings. The molecule has 2 aromatic heterocycles. The van der Waals surface area contributed by atoms with Gasteiger partial charge in [-0.05, 0) is 42.6 Å². The number of carbonyl (C=O) groups excluding carboxylic acids is 1. The molecule has 26 heavy (non-hydrogen) atoms. The zero-order valence-electron chi connectivity index (χ0n) is 13.7. The topological polar surface area (TPSA) is 52.3 Å². The third-order valence-corrected chi connectivity index (χ3v) is 4.39. The van der Waals surface area contributed by atoms with Crippen LogP contribution in [0.5, 0.6) is 0 Å². The molecule has 0 bridgehead atoms. The second-order valence-electron chi connectivity index (χ2n) is 5.33. The van der Waals surface area contributed by atoms with Crippen molar-refractivity contribution in [1.82, 2.24) is 4.98 Å². The maximum absolute atomic E-state index is 12.7. The number of benzene rings is 1. The molecule has 0 aliphatic rings. The molecule has 0 aliphatic heterocycles. The second kappa shape index (κ2) is 7.33. The lowest BCUT2D eigenvalue weighted by Gasteiger charge is -2.06. The molecule has 0 atom stereocenters. The molecule has 0 N–H and O–H groups in total. The molecule has 3 rings (SSSR count). The first kappa shape index (κ1) is 18.2. The van der Waals surface area contributed by atoms with Crippen molar-refractivity contribution < 1.29 is 27.1 Å². The van der Waals surface area contributed by atoms with Crippen molar-refractivity contribution in [2.75, 3.05) is 6.61 Å². The second-order valence-corrected chi connectivity index (χ2v) is 6.28. The van der Waals surface area contributed by atoms with Gasteiger partial charge in [0.15, 0.2) is 5.76 Å². The zero-order valence-corrected chi connectivity index (χ0v) is 14.5. The lowest BCUT2D eigenvalue weighted by molar-refractivity contribution is -0.142. The van der Waals surface area contributed by atoms with Crippen LogP contribution in [0, 0.1) is 0 Å². The maximum atomic E-state index is 12.7. The molecule has 4 nitrogen and oxygen atoms in total. The minimum Gasteiger partial charge on any atom is -0.466 e. The predicted octanol–water partition coefficient (Wildman–Crippen LogP) is 5.19. The van der Waals surface area contributed by atoms with Gasteiger partial charge >= 0.3 is 12.1 Å². The van der Waals surface area contributed by atoms with Gasteiger partial charge in [-0.25, -0.2) is 4.98 Å². The fraction of sp³-hybridized carbons (Fsp3) is 0.222. The monoisotopic (exact) mass is 381 g/mol. The van der Waals surface area contributed by atoms with Crippen molar-refractivity contribution in [2.45, 2.75) is 19.5 Å². The molecule has 136 valence electrons. The molecule has 2 heterocycles. The van der Waals surface area contributed by atoms with E-state index in [1.54, 1.807) is 6.92 Å². The van der Waals surface area contributed by atoms with Gasteiger partial charge in [-0.3, -0.25) is 4.79 Å². The van der Waals surface area contributed by atoms with E-state index in [9.17, 15) is 18.0 Å². The smallest absolute Gasteiger partial charge is 0.416 e. The van der Waals surface area contributed by atoms with E-state index in [0.29, 0.717) is 17.0 Å². The molecule has 0 spiro atoms. The lowest BCUT2D eigenvalue weighted by Crippen LogP contribution is -2.08. The van der Waals surface area contributed by atoms with Crippen molar-refractivity contribution in [3.05, 3.63) is 53.0 Å². The highest BCUT2D eigenvalue weighted by Crippen LogP contribution is 2.34. The first-order valence-corrected chi connectivity index (χ1v) is 8.63. The molecule has 0 unspecified atom stereocenters. The number of halogens is 3. The van der Waals surface area contributed by atoms with Crippen molar-refractivity contribution in [3.8, 4) is 22.1 Å². The third kappa shape index (κ3) is 3.96. The van der Waals surface area contributed by atoms with Crippen molar-refractivity contribution in [3.63, 3.8) is 0 Å². The summed E-state index contributed by atoms with van der Waals surface area (Å²) in [7, 11) is 0. The van der Waals surface area contributed by atoms with Gasteiger partial charge in [0.1, 0.15) is 0 Å². The maximum Gasteiger partial charge on any atom is 0.416 e. The Kier molecular flexibility index (Phi) is 5.13. The van der Waals surface area contributed by atoms with E-state index in [0.717, 1.165) is 17.0 Å². The molecular weight excluding hydrogens is 367 g/mol. The predicted molar refractivity (Wildman–Crippen MR) is 90.6 cm³/mol. The summed E-state index contributed by atoms with van der Waals surface area (Å²) < 4.78 is 48.8. The number of carbonyl (C=O) groups is 1. The van der Waals surface area contributed by atoms with Gasteiger partial charge in [-0.15, -0.1) is 11.3 Å². The molecule has 0 radical (unpaired) electrons. The molecule has 0 fully saturated rings. The van der Waals surface area contributed by atoms with E-state index in [4.69, 9.17) is 9.15 Å². The van der Waals surface area contributed by atoms with Crippen LogP contribution >= 0.6 is 11.3 Å². The highest BCUT2D eigenvalue weighted by molar-refractivity contribution is 7.13. The molecular formula is C18H14F3NO3S. The number of hydrogen-bond donors (Lipinski definition) is 0. The largest absolute Gasteiger partial charge is 0.466 e. The van der Waals surface area contributed by atoms with Crippen LogP contribution in [0.1, 0.15) is 18.2 Å². The summed E-state index contributed by atoms with van der Waals surface area (Å²) >= 11 is 1.41. The number of hydrogen-bond acceptors (Lipinski definition) is 5. The number of esters is 1. The minimum absolute atomic E-state index is 0.0782. The number of thiophene rings is 1. The number of rotatable bonds is 5. The molecule has 1 aromatic carbocycles. The average molecular weight is 381 g/mol. The van der Waals surface area contributed by atoms with E-state index < -0.39 is 17.7 Å². The summed E-state index contributed by atoms with van der Waals surface area (Å²) in [5.74, 6) is 0.127. The molecule has 0 amide bonds. The van der Waals surface area contributed by atoms with Crippen molar-refractivity contribution >= 4 is 17.3 Å². The molecule has 0 aliphatic carbocycles. The van der Waals surface area contributed by atoms with Crippen LogP contribution in [-0.4, -0.2) is 17.6 Å². The van der Waals surface area contributed by atoms with Gasteiger partial charge in [0.05, 0.1) is 29.2 Å². The summed E-state index contributed by atoms with van der Waals surface area (Å²) in [4.78, 5) is 16.9. The first-order chi connectivity index (χ1) is 12.4. The Bertz CT molecular complexity index is 884. The highest BCUT2D eigenvalue weighted by Gasteiger charge is 2.30. The van der Waals surface area contributed by atoms with Gasteiger partial charge in [0, 0.05) is 5.56 Å². The molecule has 0 saturated carbocycles. The van der Waals surface area contributed by atoms with E-state index in [1.807, 2.05) is 17.5 Å². The zero-order chi connectivity index (χ0) is 18.7. The first-order valence-electron chi connectivity index (χ1n) is 7.75. The van der Waals surface area contributed by atoms with Crippen LogP contribution in [0.4, 0.5) is 13.2 Å². The highest BCUT2D eigenvalue weighted by atomic mass is 32.1. The third-order valence-electron chi connectivity index (χ3n) is 3.52. The van der Waals surface area contributed by atoms with Crippen LogP contribution < -0.4 is 0 Å². The van der Waals surface area contributed by atoms with Gasteiger partial charge in [-0.2, -0.15) is 13.2 Å². The van der Waals surface area contributed by atoms with Crippen molar-refractivity contribution in [1.29, 1.82) is 0 Å². The van der Waals surface area contributed by atoms with Gasteiger partial charge in [0.2, 0.25) is 5.89 Å². The summed E-state index contributed by atoms with van der Waals surface area (Å²) in [6.45, 7) is 1.95. The Morgan fingerprint density at radius 1 is 1.23 bits per heavy atom. The van der Waals surface area contributed by atoms with Crippen LogP contribution in [0.25, 0.3) is 22.1 Å². The summed E-state index contributed by atoms with van der Waals surface area (Å²) in [5.41, 5.74) is 0.0322. The van der Waals surface area contributed by atoms with E-state index in [-0.39, 0.29) is 18.9 Å². The summed E-state index contributed by atoms with van der Waals surface area (Å²) in [5, 5.41) is 1.85. The van der Waals surface area contributed by atoms with Gasteiger partial charge in [-0.1, -0.05) is 6.07 Å². The number of oxazole rings is 1. The lowest BCUT2D eigenvalue weighted by atomic mass is 10.1.